The molecule has 0 bridgehead atoms. The second-order valence-electron chi connectivity index (χ2n) is 5.86. The molecule has 0 unspecified atom stereocenters. The van der Waals surface area contributed by atoms with Crippen LogP contribution < -0.4 is 4.74 Å². The summed E-state index contributed by atoms with van der Waals surface area (Å²) in [5.41, 5.74) is 1.53. The van der Waals surface area contributed by atoms with E-state index < -0.39 is 9.05 Å². The van der Waals surface area contributed by atoms with E-state index in [4.69, 9.17) is 15.4 Å². The summed E-state index contributed by atoms with van der Waals surface area (Å²) >= 11 is 0. The zero-order valence-corrected chi connectivity index (χ0v) is 13.7. The van der Waals surface area contributed by atoms with E-state index in [1.807, 2.05) is 26.8 Å². The molecule has 0 radical (unpaired) electrons. The van der Waals surface area contributed by atoms with Crippen LogP contribution in [0.2, 0.25) is 0 Å². The second kappa shape index (κ2) is 5.94. The van der Waals surface area contributed by atoms with Gasteiger partial charge in [-0.15, -0.1) is 0 Å². The molecule has 0 saturated heterocycles. The molecule has 0 aromatic heterocycles. The van der Waals surface area contributed by atoms with Crippen LogP contribution in [0.1, 0.15) is 50.2 Å². The van der Waals surface area contributed by atoms with Crippen LogP contribution in [-0.4, -0.2) is 15.0 Å². The molecule has 1 fully saturated rings. The monoisotopic (exact) mass is 316 g/mol. The van der Waals surface area contributed by atoms with E-state index in [0.29, 0.717) is 18.1 Å². The lowest BCUT2D eigenvalue weighted by molar-refractivity contribution is 0.179. The fraction of sp³-hybridized carbons (Fsp3) is 0.600. The summed E-state index contributed by atoms with van der Waals surface area (Å²) in [6.45, 7) is 6.47. The highest BCUT2D eigenvalue weighted by Crippen LogP contribution is 2.34. The van der Waals surface area contributed by atoms with Crippen molar-refractivity contribution in [1.29, 1.82) is 0 Å². The SMILES string of the molecule is Cc1cc(S(=O)(=O)Cl)c(C(C)C)cc1OCC1CCC1. The van der Waals surface area contributed by atoms with Crippen LogP contribution in [-0.2, 0) is 9.05 Å². The van der Waals surface area contributed by atoms with Gasteiger partial charge >= 0.3 is 0 Å². The number of ether oxygens (including phenoxy) is 1. The summed E-state index contributed by atoms with van der Waals surface area (Å²) < 4.78 is 29.2. The minimum absolute atomic E-state index is 0.0742. The second-order valence-corrected chi connectivity index (χ2v) is 8.39. The third-order valence-corrected chi connectivity index (χ3v) is 5.27. The van der Waals surface area contributed by atoms with Crippen molar-refractivity contribution in [3.63, 3.8) is 0 Å². The van der Waals surface area contributed by atoms with Crippen LogP contribution in [0, 0.1) is 12.8 Å². The highest BCUT2D eigenvalue weighted by molar-refractivity contribution is 8.13. The first-order valence-electron chi connectivity index (χ1n) is 7.01. The molecule has 1 aliphatic rings. The predicted octanol–water partition coefficient (Wildman–Crippen LogP) is 4.22. The summed E-state index contributed by atoms with van der Waals surface area (Å²) in [6, 6.07) is 3.45. The Hall–Kier alpha value is -0.740. The van der Waals surface area contributed by atoms with Gasteiger partial charge in [0, 0.05) is 10.7 Å². The molecule has 20 heavy (non-hydrogen) atoms. The van der Waals surface area contributed by atoms with E-state index in [-0.39, 0.29) is 10.8 Å². The Morgan fingerprint density at radius 3 is 2.45 bits per heavy atom. The van der Waals surface area contributed by atoms with Crippen LogP contribution in [0.4, 0.5) is 0 Å². The molecule has 1 aromatic rings. The maximum absolute atomic E-state index is 11.7. The van der Waals surface area contributed by atoms with Crippen LogP contribution in [0.25, 0.3) is 0 Å². The predicted molar refractivity (Wildman–Crippen MR) is 81.1 cm³/mol. The summed E-state index contributed by atoms with van der Waals surface area (Å²) in [5.74, 6) is 1.49. The van der Waals surface area contributed by atoms with Crippen molar-refractivity contribution < 1.29 is 13.2 Å². The van der Waals surface area contributed by atoms with Crippen molar-refractivity contribution in [2.45, 2.75) is 50.8 Å². The lowest BCUT2D eigenvalue weighted by Crippen LogP contribution is -2.19. The summed E-state index contributed by atoms with van der Waals surface area (Å²) in [4.78, 5) is 0.197. The van der Waals surface area contributed by atoms with Crippen molar-refractivity contribution in [3.8, 4) is 5.75 Å². The molecule has 0 spiro atoms. The first-order valence-corrected chi connectivity index (χ1v) is 9.32. The number of hydrogen-bond donors (Lipinski definition) is 0. The zero-order chi connectivity index (χ0) is 14.9. The van der Waals surface area contributed by atoms with Gasteiger partial charge in [0.2, 0.25) is 0 Å². The molecule has 1 aromatic carbocycles. The molecule has 0 heterocycles. The van der Waals surface area contributed by atoms with Gasteiger partial charge in [0.25, 0.3) is 9.05 Å². The molecule has 3 nitrogen and oxygen atoms in total. The Labute approximate surface area is 125 Å². The third-order valence-electron chi connectivity index (χ3n) is 3.89. The molecular weight excluding hydrogens is 296 g/mol. The molecule has 1 saturated carbocycles. The Morgan fingerprint density at radius 1 is 1.35 bits per heavy atom. The van der Waals surface area contributed by atoms with E-state index in [2.05, 4.69) is 0 Å². The first-order chi connectivity index (χ1) is 9.29. The van der Waals surface area contributed by atoms with Gasteiger partial charge in [0.05, 0.1) is 11.5 Å². The largest absolute Gasteiger partial charge is 0.493 e. The normalized spacial score (nSPS) is 16.2. The van der Waals surface area contributed by atoms with Gasteiger partial charge in [-0.1, -0.05) is 20.3 Å². The van der Waals surface area contributed by atoms with Gasteiger partial charge in [-0.2, -0.15) is 0 Å². The fourth-order valence-corrected chi connectivity index (χ4v) is 3.66. The molecule has 1 aliphatic carbocycles. The van der Waals surface area contributed by atoms with Crippen LogP contribution in [0.3, 0.4) is 0 Å². The highest BCUT2D eigenvalue weighted by atomic mass is 35.7. The topological polar surface area (TPSA) is 43.4 Å². The summed E-state index contributed by atoms with van der Waals surface area (Å²) in [7, 11) is 1.80. The molecular formula is C15H21ClO3S. The van der Waals surface area contributed by atoms with Gasteiger partial charge in [0.15, 0.2) is 0 Å². The van der Waals surface area contributed by atoms with Crippen molar-refractivity contribution >= 4 is 19.7 Å². The maximum atomic E-state index is 11.7. The van der Waals surface area contributed by atoms with Crippen molar-refractivity contribution in [3.05, 3.63) is 23.3 Å². The molecule has 2 rings (SSSR count). The highest BCUT2D eigenvalue weighted by Gasteiger charge is 2.22. The Bertz CT molecular complexity index is 589. The first kappa shape index (κ1) is 15.6. The average Bonchev–Trinajstić information content (AvgIpc) is 2.26. The minimum Gasteiger partial charge on any atom is -0.493 e. The number of halogens is 1. The van der Waals surface area contributed by atoms with Gasteiger partial charge in [-0.25, -0.2) is 8.42 Å². The number of benzene rings is 1. The van der Waals surface area contributed by atoms with Gasteiger partial charge in [-0.05, 0) is 54.9 Å². The van der Waals surface area contributed by atoms with Crippen molar-refractivity contribution in [1.82, 2.24) is 0 Å². The Morgan fingerprint density at radius 2 is 2.00 bits per heavy atom. The van der Waals surface area contributed by atoms with Gasteiger partial charge in [0.1, 0.15) is 5.75 Å². The number of rotatable bonds is 5. The summed E-state index contributed by atoms with van der Waals surface area (Å²) in [5, 5.41) is 0. The molecule has 0 aliphatic heterocycles. The van der Waals surface area contributed by atoms with Crippen molar-refractivity contribution in [2.24, 2.45) is 5.92 Å². The zero-order valence-electron chi connectivity index (χ0n) is 12.1. The standard InChI is InChI=1S/C15H21ClO3S/c1-10(2)13-8-14(19-9-12-5-4-6-12)11(3)7-15(13)20(16,17)18/h7-8,10,12H,4-6,9H2,1-3H3. The lowest BCUT2D eigenvalue weighted by Gasteiger charge is -2.26. The lowest BCUT2D eigenvalue weighted by atomic mass is 9.86. The quantitative estimate of drug-likeness (QED) is 0.764. The van der Waals surface area contributed by atoms with Crippen LogP contribution in [0.15, 0.2) is 17.0 Å². The number of hydrogen-bond acceptors (Lipinski definition) is 3. The van der Waals surface area contributed by atoms with E-state index in [0.717, 1.165) is 11.3 Å². The molecule has 0 amide bonds. The van der Waals surface area contributed by atoms with Gasteiger partial charge < -0.3 is 4.74 Å². The Kier molecular flexibility index (Phi) is 4.65. The molecule has 0 N–H and O–H groups in total. The van der Waals surface area contributed by atoms with E-state index in [9.17, 15) is 8.42 Å². The molecule has 112 valence electrons. The maximum Gasteiger partial charge on any atom is 0.261 e. The minimum atomic E-state index is -3.73. The van der Waals surface area contributed by atoms with Crippen LogP contribution in [0.5, 0.6) is 5.75 Å². The van der Waals surface area contributed by atoms with Crippen LogP contribution >= 0.6 is 10.7 Å². The smallest absolute Gasteiger partial charge is 0.261 e. The van der Waals surface area contributed by atoms with Gasteiger partial charge in [-0.3, -0.25) is 0 Å². The average molecular weight is 317 g/mol. The molecule has 0 atom stereocenters. The van der Waals surface area contributed by atoms with Crippen molar-refractivity contribution in [2.75, 3.05) is 6.61 Å². The molecule has 5 heteroatoms. The fourth-order valence-electron chi connectivity index (χ4n) is 2.36. The van der Waals surface area contributed by atoms with E-state index in [1.54, 1.807) is 6.07 Å². The van der Waals surface area contributed by atoms with E-state index in [1.165, 1.54) is 19.3 Å². The number of aryl methyl sites for hydroxylation is 1. The summed E-state index contributed by atoms with van der Waals surface area (Å²) in [6.07, 6.45) is 3.74. The van der Waals surface area contributed by atoms with E-state index >= 15 is 0 Å². The Balaban J connectivity index is 2.31. The third kappa shape index (κ3) is 3.47.